The van der Waals surface area contributed by atoms with Gasteiger partial charge >= 0.3 is 5.97 Å². The van der Waals surface area contributed by atoms with Gasteiger partial charge in [0.2, 0.25) is 0 Å². The van der Waals surface area contributed by atoms with Crippen LogP contribution in [0.25, 0.3) is 0 Å². The topological polar surface area (TPSA) is 115 Å². The summed E-state index contributed by atoms with van der Waals surface area (Å²) >= 11 is 0. The molecule has 0 heterocycles. The minimum absolute atomic E-state index is 0.0687. The molecule has 0 aromatic heterocycles. The van der Waals surface area contributed by atoms with Gasteiger partial charge in [0.1, 0.15) is 6.10 Å². The van der Waals surface area contributed by atoms with Gasteiger partial charge < -0.3 is 25.2 Å². The second-order valence-corrected chi connectivity index (χ2v) is 2.28. The molecular weight excluding hydrogens is 168 g/mol. The van der Waals surface area contributed by atoms with Crippen LogP contribution < -0.4 is 0 Å². The highest BCUT2D eigenvalue weighted by Crippen LogP contribution is 2.01. The SMILES string of the molecule is O=C[C@@H](O)[C@@H](O)C[C@H](O)C(=O)O. The second-order valence-electron chi connectivity index (χ2n) is 2.28. The maximum atomic E-state index is 10.0. The number of carboxylic acid groups (broad SMARTS) is 1. The molecule has 0 aliphatic heterocycles. The highest BCUT2D eigenvalue weighted by Gasteiger charge is 2.23. The fourth-order valence-corrected chi connectivity index (χ4v) is 0.560. The van der Waals surface area contributed by atoms with Crippen molar-refractivity contribution in [3.63, 3.8) is 0 Å². The van der Waals surface area contributed by atoms with E-state index in [4.69, 9.17) is 20.4 Å². The molecule has 0 aromatic carbocycles. The average molecular weight is 178 g/mol. The van der Waals surface area contributed by atoms with Crippen molar-refractivity contribution in [2.45, 2.75) is 24.7 Å². The number of carbonyl (C=O) groups excluding carboxylic acids is 1. The summed E-state index contributed by atoms with van der Waals surface area (Å²) in [6.07, 6.45) is -5.48. The number of hydrogen-bond donors (Lipinski definition) is 4. The van der Waals surface area contributed by atoms with E-state index >= 15 is 0 Å². The van der Waals surface area contributed by atoms with Crippen LogP contribution in [0.2, 0.25) is 0 Å². The van der Waals surface area contributed by atoms with E-state index in [1.165, 1.54) is 0 Å². The van der Waals surface area contributed by atoms with Crippen LogP contribution >= 0.6 is 0 Å². The lowest BCUT2D eigenvalue weighted by molar-refractivity contribution is -0.149. The molecule has 0 spiro atoms. The van der Waals surface area contributed by atoms with E-state index < -0.39 is 30.7 Å². The van der Waals surface area contributed by atoms with E-state index in [9.17, 15) is 9.59 Å². The van der Waals surface area contributed by atoms with Crippen molar-refractivity contribution in [3.8, 4) is 0 Å². The molecule has 0 saturated carbocycles. The summed E-state index contributed by atoms with van der Waals surface area (Å²) < 4.78 is 0. The maximum absolute atomic E-state index is 10.0. The third-order valence-corrected chi connectivity index (χ3v) is 1.28. The molecule has 0 saturated heterocycles. The first-order valence-electron chi connectivity index (χ1n) is 3.21. The van der Waals surface area contributed by atoms with Crippen LogP contribution in [0.4, 0.5) is 0 Å². The molecular formula is C6H10O6. The van der Waals surface area contributed by atoms with Crippen LogP contribution in [0, 0.1) is 0 Å². The largest absolute Gasteiger partial charge is 0.479 e. The van der Waals surface area contributed by atoms with Crippen LogP contribution in [-0.4, -0.2) is 51.0 Å². The second kappa shape index (κ2) is 4.81. The summed E-state index contributed by atoms with van der Waals surface area (Å²) in [7, 11) is 0. The van der Waals surface area contributed by atoms with Crippen molar-refractivity contribution in [1.29, 1.82) is 0 Å². The Kier molecular flexibility index (Phi) is 4.42. The summed E-state index contributed by atoms with van der Waals surface area (Å²) in [6.45, 7) is 0. The van der Waals surface area contributed by atoms with Crippen molar-refractivity contribution in [2.24, 2.45) is 0 Å². The van der Waals surface area contributed by atoms with Gasteiger partial charge in [0, 0.05) is 6.42 Å². The highest BCUT2D eigenvalue weighted by molar-refractivity contribution is 5.72. The molecule has 0 aliphatic carbocycles. The number of aliphatic hydroxyl groups is 3. The zero-order valence-corrected chi connectivity index (χ0v) is 6.12. The molecule has 0 aromatic rings. The summed E-state index contributed by atoms with van der Waals surface area (Å²) in [5.74, 6) is -1.51. The maximum Gasteiger partial charge on any atom is 0.332 e. The van der Waals surface area contributed by atoms with Gasteiger partial charge in [-0.3, -0.25) is 0 Å². The van der Waals surface area contributed by atoms with Crippen LogP contribution in [-0.2, 0) is 9.59 Å². The Morgan fingerprint density at radius 2 is 1.83 bits per heavy atom. The van der Waals surface area contributed by atoms with Gasteiger partial charge in [0.15, 0.2) is 12.4 Å². The van der Waals surface area contributed by atoms with Crippen molar-refractivity contribution in [1.82, 2.24) is 0 Å². The standard InChI is InChI=1S/C6H10O6/c7-2-5(10)3(8)1-4(9)6(11)12/h2-5,8-10H,1H2,(H,11,12)/t3-,4-,5+/m0/s1. The van der Waals surface area contributed by atoms with Crippen molar-refractivity contribution >= 4 is 12.3 Å². The van der Waals surface area contributed by atoms with Gasteiger partial charge in [-0.15, -0.1) is 0 Å². The van der Waals surface area contributed by atoms with Crippen LogP contribution in [0.15, 0.2) is 0 Å². The molecule has 12 heavy (non-hydrogen) atoms. The van der Waals surface area contributed by atoms with Gasteiger partial charge in [-0.25, -0.2) is 4.79 Å². The summed E-state index contributed by atoms with van der Waals surface area (Å²) in [6, 6.07) is 0. The van der Waals surface area contributed by atoms with Crippen molar-refractivity contribution < 1.29 is 30.0 Å². The lowest BCUT2D eigenvalue weighted by Crippen LogP contribution is -2.34. The normalized spacial score (nSPS) is 17.9. The Hall–Kier alpha value is -0.980. The number of hydrogen-bond acceptors (Lipinski definition) is 5. The minimum atomic E-state index is -1.77. The van der Waals surface area contributed by atoms with E-state index in [0.717, 1.165) is 0 Å². The fraction of sp³-hybridized carbons (Fsp3) is 0.667. The Morgan fingerprint density at radius 3 is 2.17 bits per heavy atom. The number of carboxylic acids is 1. The molecule has 0 bridgehead atoms. The quantitative estimate of drug-likeness (QED) is 0.353. The predicted octanol–water partition coefficient (Wildman–Crippen LogP) is -2.26. The number of rotatable bonds is 5. The molecule has 6 nitrogen and oxygen atoms in total. The molecule has 0 fully saturated rings. The Morgan fingerprint density at radius 1 is 1.33 bits per heavy atom. The molecule has 0 unspecified atom stereocenters. The van der Waals surface area contributed by atoms with E-state index in [1.807, 2.05) is 0 Å². The number of carbonyl (C=O) groups is 2. The number of aliphatic hydroxyl groups excluding tert-OH is 3. The third kappa shape index (κ3) is 3.42. The number of aliphatic carboxylic acids is 1. The number of aldehydes is 1. The molecule has 6 heteroatoms. The molecule has 3 atom stereocenters. The van der Waals surface area contributed by atoms with Crippen LogP contribution in [0.1, 0.15) is 6.42 Å². The first kappa shape index (κ1) is 11.0. The Bertz CT molecular complexity index is 167. The van der Waals surface area contributed by atoms with Crippen molar-refractivity contribution in [3.05, 3.63) is 0 Å². The summed E-state index contributed by atoms with van der Waals surface area (Å²) in [5.41, 5.74) is 0. The molecule has 4 N–H and O–H groups in total. The van der Waals surface area contributed by atoms with Gasteiger partial charge in [0.05, 0.1) is 6.10 Å². The predicted molar refractivity (Wildman–Crippen MR) is 36.3 cm³/mol. The van der Waals surface area contributed by atoms with Crippen LogP contribution in [0.5, 0.6) is 0 Å². The van der Waals surface area contributed by atoms with Gasteiger partial charge in [-0.1, -0.05) is 0 Å². The molecule has 0 radical (unpaired) electrons. The van der Waals surface area contributed by atoms with E-state index in [-0.39, 0.29) is 6.29 Å². The van der Waals surface area contributed by atoms with Crippen LogP contribution in [0.3, 0.4) is 0 Å². The summed E-state index contributed by atoms with van der Waals surface area (Å²) in [4.78, 5) is 19.9. The van der Waals surface area contributed by atoms with E-state index in [0.29, 0.717) is 0 Å². The van der Waals surface area contributed by atoms with Crippen molar-refractivity contribution in [2.75, 3.05) is 0 Å². The lowest BCUT2D eigenvalue weighted by Gasteiger charge is -2.13. The Balaban J connectivity index is 3.90. The first-order valence-corrected chi connectivity index (χ1v) is 3.21. The van der Waals surface area contributed by atoms with E-state index in [1.54, 1.807) is 0 Å². The smallest absolute Gasteiger partial charge is 0.332 e. The van der Waals surface area contributed by atoms with Gasteiger partial charge in [-0.2, -0.15) is 0 Å². The van der Waals surface area contributed by atoms with Gasteiger partial charge in [0.25, 0.3) is 0 Å². The molecule has 0 aliphatic rings. The lowest BCUT2D eigenvalue weighted by atomic mass is 10.1. The monoisotopic (exact) mass is 178 g/mol. The molecule has 0 amide bonds. The zero-order chi connectivity index (χ0) is 9.72. The molecule has 70 valence electrons. The van der Waals surface area contributed by atoms with E-state index in [2.05, 4.69) is 0 Å². The Labute approximate surface area is 68.1 Å². The van der Waals surface area contributed by atoms with Gasteiger partial charge in [-0.05, 0) is 0 Å². The highest BCUT2D eigenvalue weighted by atomic mass is 16.4. The zero-order valence-electron chi connectivity index (χ0n) is 6.12. The fourth-order valence-electron chi connectivity index (χ4n) is 0.560. The molecule has 0 rings (SSSR count). The average Bonchev–Trinajstić information content (AvgIpc) is 2.02. The summed E-state index contributed by atoms with van der Waals surface area (Å²) in [5, 5.41) is 34.3. The first-order chi connectivity index (χ1) is 5.49. The third-order valence-electron chi connectivity index (χ3n) is 1.28. The minimum Gasteiger partial charge on any atom is -0.479 e.